The van der Waals surface area contributed by atoms with Gasteiger partial charge in [-0.2, -0.15) is 4.98 Å². The zero-order valence-electron chi connectivity index (χ0n) is 7.80. The molecule has 14 heavy (non-hydrogen) atoms. The van der Waals surface area contributed by atoms with Crippen LogP contribution in [0.3, 0.4) is 0 Å². The third-order valence-corrected chi connectivity index (χ3v) is 2.27. The molecule has 0 atom stereocenters. The van der Waals surface area contributed by atoms with Crippen molar-refractivity contribution in [2.75, 3.05) is 11.9 Å². The van der Waals surface area contributed by atoms with Gasteiger partial charge in [0.05, 0.1) is 4.47 Å². The molecule has 5 heteroatoms. The van der Waals surface area contributed by atoms with Gasteiger partial charge >= 0.3 is 0 Å². The second kappa shape index (κ2) is 5.98. The molecule has 1 N–H and O–H groups in total. The lowest BCUT2D eigenvalue weighted by molar-refractivity contribution is 1.12. The Morgan fingerprint density at radius 3 is 3.07 bits per heavy atom. The molecule has 1 aromatic rings. The smallest absolute Gasteiger partial charge is 0.224 e. The van der Waals surface area contributed by atoms with Gasteiger partial charge in [-0.3, -0.25) is 0 Å². The molecule has 0 saturated heterocycles. The zero-order valence-corrected chi connectivity index (χ0v) is 10.1. The van der Waals surface area contributed by atoms with Gasteiger partial charge in [-0.05, 0) is 34.0 Å². The van der Waals surface area contributed by atoms with Gasteiger partial charge in [0.1, 0.15) is 5.82 Å². The second-order valence-corrected chi connectivity index (χ2v) is 3.79. The first-order valence-electron chi connectivity index (χ1n) is 4.31. The minimum Gasteiger partial charge on any atom is -0.366 e. The van der Waals surface area contributed by atoms with Crippen LogP contribution in [0.25, 0.3) is 0 Å². The Balaban J connectivity index is 2.57. The van der Waals surface area contributed by atoms with Crippen molar-refractivity contribution in [3.05, 3.63) is 28.1 Å². The van der Waals surface area contributed by atoms with E-state index in [1.807, 2.05) is 6.08 Å². The molecule has 0 unspecified atom stereocenters. The predicted molar refractivity (Wildman–Crippen MR) is 62.7 cm³/mol. The lowest BCUT2D eigenvalue weighted by Crippen LogP contribution is -2.02. The fourth-order valence-electron chi connectivity index (χ4n) is 0.875. The molecule has 0 bridgehead atoms. The molecule has 0 aliphatic heterocycles. The molecule has 76 valence electrons. The molecule has 0 aromatic carbocycles. The van der Waals surface area contributed by atoms with Crippen LogP contribution in [0.2, 0.25) is 5.28 Å². The maximum absolute atomic E-state index is 5.66. The molecule has 0 aliphatic carbocycles. The van der Waals surface area contributed by atoms with Gasteiger partial charge in [0.15, 0.2) is 0 Å². The number of rotatable bonds is 4. The number of nitrogens with one attached hydrogen (secondary N) is 1. The molecule has 0 aliphatic rings. The predicted octanol–water partition coefficient (Wildman–Crippen LogP) is 3.27. The quantitative estimate of drug-likeness (QED) is 0.677. The van der Waals surface area contributed by atoms with Crippen LogP contribution in [0.15, 0.2) is 22.8 Å². The summed E-state index contributed by atoms with van der Waals surface area (Å²) in [7, 11) is 0. The number of nitrogens with zero attached hydrogens (tertiary/aromatic N) is 2. The van der Waals surface area contributed by atoms with Gasteiger partial charge in [0.25, 0.3) is 0 Å². The third-order valence-electron chi connectivity index (χ3n) is 1.50. The van der Waals surface area contributed by atoms with Gasteiger partial charge in [0, 0.05) is 12.7 Å². The first-order valence-corrected chi connectivity index (χ1v) is 5.48. The van der Waals surface area contributed by atoms with Crippen LogP contribution < -0.4 is 5.32 Å². The van der Waals surface area contributed by atoms with E-state index in [9.17, 15) is 0 Å². The van der Waals surface area contributed by atoms with E-state index in [2.05, 4.69) is 44.2 Å². The Labute approximate surface area is 96.7 Å². The first-order chi connectivity index (χ1) is 6.74. The Morgan fingerprint density at radius 2 is 2.36 bits per heavy atom. The highest BCUT2D eigenvalue weighted by Crippen LogP contribution is 2.19. The molecule has 1 rings (SSSR count). The minimum absolute atomic E-state index is 0.246. The Kier molecular flexibility index (Phi) is 4.90. The van der Waals surface area contributed by atoms with Crippen molar-refractivity contribution < 1.29 is 0 Å². The van der Waals surface area contributed by atoms with Gasteiger partial charge in [0.2, 0.25) is 5.28 Å². The molecule has 0 saturated carbocycles. The summed E-state index contributed by atoms with van der Waals surface area (Å²) in [5, 5.41) is 3.36. The summed E-state index contributed by atoms with van der Waals surface area (Å²) >= 11 is 8.99. The summed E-state index contributed by atoms with van der Waals surface area (Å²) in [6.07, 6.45) is 6.79. The highest BCUT2D eigenvalue weighted by molar-refractivity contribution is 9.10. The van der Waals surface area contributed by atoms with E-state index in [-0.39, 0.29) is 5.28 Å². The molecular formula is C9H11BrClN3. The number of halogens is 2. The van der Waals surface area contributed by atoms with Crippen LogP contribution in [0.1, 0.15) is 13.3 Å². The van der Waals surface area contributed by atoms with Crippen molar-refractivity contribution in [1.29, 1.82) is 0 Å². The number of anilines is 1. The summed E-state index contributed by atoms with van der Waals surface area (Å²) in [5.74, 6) is 0.714. The monoisotopic (exact) mass is 275 g/mol. The van der Waals surface area contributed by atoms with E-state index in [0.717, 1.165) is 17.4 Å². The largest absolute Gasteiger partial charge is 0.366 e. The second-order valence-electron chi connectivity index (χ2n) is 2.60. The van der Waals surface area contributed by atoms with E-state index in [0.29, 0.717) is 5.82 Å². The molecule has 0 amide bonds. The van der Waals surface area contributed by atoms with Crippen LogP contribution in [-0.2, 0) is 0 Å². The van der Waals surface area contributed by atoms with E-state index in [1.165, 1.54) is 0 Å². The SMILES string of the molecule is CC/C=C/CNc1nc(Cl)ncc1Br. The van der Waals surface area contributed by atoms with Crippen molar-refractivity contribution in [3.8, 4) is 0 Å². The average Bonchev–Trinajstić information content (AvgIpc) is 2.18. The third kappa shape index (κ3) is 3.64. The summed E-state index contributed by atoms with van der Waals surface area (Å²) in [6.45, 7) is 2.83. The minimum atomic E-state index is 0.246. The lowest BCUT2D eigenvalue weighted by atomic mass is 10.4. The van der Waals surface area contributed by atoms with Gasteiger partial charge < -0.3 is 5.32 Å². The summed E-state index contributed by atoms with van der Waals surface area (Å²) in [6, 6.07) is 0. The average molecular weight is 277 g/mol. The highest BCUT2D eigenvalue weighted by Gasteiger charge is 2.01. The van der Waals surface area contributed by atoms with Crippen LogP contribution >= 0.6 is 27.5 Å². The highest BCUT2D eigenvalue weighted by atomic mass is 79.9. The Bertz CT molecular complexity index is 328. The van der Waals surface area contributed by atoms with Crippen molar-refractivity contribution >= 4 is 33.3 Å². The summed E-state index contributed by atoms with van der Waals surface area (Å²) in [5.41, 5.74) is 0. The number of aromatic nitrogens is 2. The Morgan fingerprint density at radius 1 is 1.57 bits per heavy atom. The topological polar surface area (TPSA) is 37.8 Å². The fraction of sp³-hybridized carbons (Fsp3) is 0.333. The first kappa shape index (κ1) is 11.5. The molecular weight excluding hydrogens is 265 g/mol. The van der Waals surface area contributed by atoms with Crippen molar-refractivity contribution in [2.24, 2.45) is 0 Å². The van der Waals surface area contributed by atoms with Crippen LogP contribution in [-0.4, -0.2) is 16.5 Å². The summed E-state index contributed by atoms with van der Waals surface area (Å²) < 4.78 is 0.812. The normalized spacial score (nSPS) is 10.8. The van der Waals surface area contributed by atoms with Gasteiger partial charge in [-0.1, -0.05) is 19.1 Å². The molecule has 0 fully saturated rings. The fourth-order valence-corrected chi connectivity index (χ4v) is 1.34. The zero-order chi connectivity index (χ0) is 10.4. The van der Waals surface area contributed by atoms with Gasteiger partial charge in [-0.15, -0.1) is 0 Å². The van der Waals surface area contributed by atoms with E-state index >= 15 is 0 Å². The molecule has 0 radical (unpaired) electrons. The maximum Gasteiger partial charge on any atom is 0.224 e. The van der Waals surface area contributed by atoms with Crippen LogP contribution in [0.4, 0.5) is 5.82 Å². The Hall–Kier alpha value is -0.610. The van der Waals surface area contributed by atoms with Crippen molar-refractivity contribution in [1.82, 2.24) is 9.97 Å². The molecule has 1 heterocycles. The van der Waals surface area contributed by atoms with Crippen LogP contribution in [0.5, 0.6) is 0 Å². The van der Waals surface area contributed by atoms with Crippen molar-refractivity contribution in [3.63, 3.8) is 0 Å². The number of allylic oxidation sites excluding steroid dienone is 1. The number of hydrogen-bond donors (Lipinski definition) is 1. The van der Waals surface area contributed by atoms with Crippen molar-refractivity contribution in [2.45, 2.75) is 13.3 Å². The van der Waals surface area contributed by atoms with E-state index < -0.39 is 0 Å². The van der Waals surface area contributed by atoms with Crippen LogP contribution in [0, 0.1) is 0 Å². The van der Waals surface area contributed by atoms with Gasteiger partial charge in [-0.25, -0.2) is 4.98 Å². The van der Waals surface area contributed by atoms with E-state index in [4.69, 9.17) is 11.6 Å². The van der Waals surface area contributed by atoms with E-state index in [1.54, 1.807) is 6.20 Å². The standard InChI is InChI=1S/C9H11BrClN3/c1-2-3-4-5-12-8-7(10)6-13-9(11)14-8/h3-4,6H,2,5H2,1H3,(H,12,13,14)/b4-3+. The summed E-state index contributed by atoms with van der Waals surface area (Å²) in [4.78, 5) is 7.87. The molecule has 1 aromatic heterocycles. The molecule has 3 nitrogen and oxygen atoms in total. The number of hydrogen-bond acceptors (Lipinski definition) is 3. The lowest BCUT2D eigenvalue weighted by Gasteiger charge is -2.04. The molecule has 0 spiro atoms. The maximum atomic E-state index is 5.66.